The van der Waals surface area contributed by atoms with Gasteiger partial charge in [0.2, 0.25) is 0 Å². The zero-order valence-corrected chi connectivity index (χ0v) is 12.2. The quantitative estimate of drug-likeness (QED) is 0.654. The van der Waals surface area contributed by atoms with Crippen molar-refractivity contribution in [3.8, 4) is 11.5 Å². The van der Waals surface area contributed by atoms with Crippen LogP contribution < -0.4 is 10.5 Å². The fourth-order valence-corrected chi connectivity index (χ4v) is 2.06. The number of hydrogen-bond acceptors (Lipinski definition) is 4. The van der Waals surface area contributed by atoms with E-state index >= 15 is 0 Å². The first kappa shape index (κ1) is 15.3. The molecule has 0 saturated heterocycles. The number of benzene rings is 2. The van der Waals surface area contributed by atoms with Gasteiger partial charge in [-0.05, 0) is 18.6 Å². The van der Waals surface area contributed by atoms with Crippen molar-refractivity contribution in [1.29, 1.82) is 0 Å². The molecule has 2 N–H and O–H groups in total. The van der Waals surface area contributed by atoms with Crippen molar-refractivity contribution in [2.45, 2.75) is 19.4 Å². The maximum Gasteiger partial charge on any atom is 0.273 e. The maximum absolute atomic E-state index is 10.8. The van der Waals surface area contributed by atoms with Gasteiger partial charge < -0.3 is 10.5 Å². The smallest absolute Gasteiger partial charge is 0.273 e. The van der Waals surface area contributed by atoms with Gasteiger partial charge in [0.25, 0.3) is 5.69 Å². The first-order valence-corrected chi connectivity index (χ1v) is 6.87. The second-order valence-corrected chi connectivity index (χ2v) is 4.93. The first-order chi connectivity index (χ1) is 10.0. The monoisotopic (exact) mass is 306 g/mol. The molecule has 21 heavy (non-hydrogen) atoms. The number of nitrogens with two attached hydrogens (primary N) is 1. The number of nitrogens with zero attached hydrogens (tertiary/aromatic N) is 1. The average Bonchev–Trinajstić information content (AvgIpc) is 2.49. The number of non-ortho nitro benzene ring substituents is 1. The highest BCUT2D eigenvalue weighted by atomic mass is 35.5. The summed E-state index contributed by atoms with van der Waals surface area (Å²) in [6, 6.07) is 11.2. The molecule has 0 saturated carbocycles. The fraction of sp³-hybridized carbons (Fsp3) is 0.200. The van der Waals surface area contributed by atoms with E-state index in [2.05, 4.69) is 0 Å². The third kappa shape index (κ3) is 3.51. The molecule has 6 heteroatoms. The minimum atomic E-state index is -0.493. The summed E-state index contributed by atoms with van der Waals surface area (Å²) >= 11 is 6.04. The van der Waals surface area contributed by atoms with E-state index in [9.17, 15) is 10.1 Å². The molecule has 0 aliphatic rings. The SMILES string of the molecule is CCC(N)c1ccccc1Oc1cc([N+](=O)[O-])ccc1Cl. The minimum Gasteiger partial charge on any atom is -0.455 e. The van der Waals surface area contributed by atoms with Gasteiger partial charge >= 0.3 is 0 Å². The van der Waals surface area contributed by atoms with E-state index in [1.807, 2.05) is 25.1 Å². The van der Waals surface area contributed by atoms with Crippen molar-refractivity contribution in [2.24, 2.45) is 5.73 Å². The van der Waals surface area contributed by atoms with E-state index in [0.717, 1.165) is 12.0 Å². The molecule has 2 rings (SSSR count). The number of nitro benzene ring substituents is 1. The number of para-hydroxylation sites is 1. The molecule has 0 amide bonds. The summed E-state index contributed by atoms with van der Waals surface area (Å²) in [6.45, 7) is 1.97. The van der Waals surface area contributed by atoms with Crippen LogP contribution >= 0.6 is 11.6 Å². The number of halogens is 1. The van der Waals surface area contributed by atoms with Gasteiger partial charge in [-0.1, -0.05) is 36.7 Å². The van der Waals surface area contributed by atoms with Gasteiger partial charge in [-0.15, -0.1) is 0 Å². The Balaban J connectivity index is 2.38. The largest absolute Gasteiger partial charge is 0.455 e. The van der Waals surface area contributed by atoms with Crippen LogP contribution in [0.25, 0.3) is 0 Å². The molecule has 1 atom stereocenters. The van der Waals surface area contributed by atoms with Crippen LogP contribution in [-0.2, 0) is 0 Å². The standard InChI is InChI=1S/C15H15ClN2O3/c1-2-13(17)11-5-3-4-6-14(11)21-15-9-10(18(19)20)7-8-12(15)16/h3-9,13H,2,17H2,1H3. The van der Waals surface area contributed by atoms with Crippen LogP contribution in [0.15, 0.2) is 42.5 Å². The Hall–Kier alpha value is -2.11. The lowest BCUT2D eigenvalue weighted by atomic mass is 10.0. The molecule has 2 aromatic rings. The Labute approximate surface area is 127 Å². The second-order valence-electron chi connectivity index (χ2n) is 4.53. The molecule has 0 spiro atoms. The lowest BCUT2D eigenvalue weighted by molar-refractivity contribution is -0.384. The van der Waals surface area contributed by atoms with Gasteiger partial charge in [-0.3, -0.25) is 10.1 Å². The van der Waals surface area contributed by atoms with Crippen molar-refractivity contribution in [3.05, 3.63) is 63.2 Å². The normalized spacial score (nSPS) is 12.0. The van der Waals surface area contributed by atoms with Crippen LogP contribution in [0.4, 0.5) is 5.69 Å². The molecule has 0 aliphatic heterocycles. The van der Waals surface area contributed by atoms with E-state index in [-0.39, 0.29) is 17.5 Å². The highest BCUT2D eigenvalue weighted by molar-refractivity contribution is 6.32. The summed E-state index contributed by atoms with van der Waals surface area (Å²) in [7, 11) is 0. The van der Waals surface area contributed by atoms with E-state index in [4.69, 9.17) is 22.1 Å². The van der Waals surface area contributed by atoms with Crippen LogP contribution in [-0.4, -0.2) is 4.92 Å². The number of ether oxygens (including phenoxy) is 1. The lowest BCUT2D eigenvalue weighted by Gasteiger charge is -2.15. The zero-order chi connectivity index (χ0) is 15.4. The molecule has 0 aliphatic carbocycles. The van der Waals surface area contributed by atoms with Gasteiger partial charge in [0.05, 0.1) is 16.0 Å². The summed E-state index contributed by atoms with van der Waals surface area (Å²) in [4.78, 5) is 10.3. The summed E-state index contributed by atoms with van der Waals surface area (Å²) in [5, 5.41) is 11.1. The molecule has 0 heterocycles. The molecule has 1 unspecified atom stereocenters. The Bertz CT molecular complexity index is 661. The van der Waals surface area contributed by atoms with Crippen molar-refractivity contribution in [2.75, 3.05) is 0 Å². The topological polar surface area (TPSA) is 78.4 Å². The van der Waals surface area contributed by atoms with Crippen LogP contribution in [0.3, 0.4) is 0 Å². The van der Waals surface area contributed by atoms with Crippen LogP contribution in [0.1, 0.15) is 24.9 Å². The van der Waals surface area contributed by atoms with E-state index < -0.39 is 4.92 Å². The summed E-state index contributed by atoms with van der Waals surface area (Å²) < 4.78 is 5.74. The Morgan fingerprint density at radius 1 is 1.29 bits per heavy atom. The van der Waals surface area contributed by atoms with Crippen LogP contribution in [0.5, 0.6) is 11.5 Å². The Morgan fingerprint density at radius 3 is 2.67 bits per heavy atom. The molecule has 0 fully saturated rings. The highest BCUT2D eigenvalue weighted by Crippen LogP contribution is 2.35. The summed E-state index contributed by atoms with van der Waals surface area (Å²) in [6.07, 6.45) is 0.753. The predicted molar refractivity (Wildman–Crippen MR) is 81.8 cm³/mol. The van der Waals surface area contributed by atoms with Gasteiger partial charge in [-0.25, -0.2) is 0 Å². The Morgan fingerprint density at radius 2 is 2.00 bits per heavy atom. The number of rotatable bonds is 5. The fourth-order valence-electron chi connectivity index (χ4n) is 1.90. The molecule has 0 aromatic heterocycles. The first-order valence-electron chi connectivity index (χ1n) is 6.49. The van der Waals surface area contributed by atoms with Gasteiger partial charge in [0.1, 0.15) is 5.75 Å². The molecule has 110 valence electrons. The third-order valence-corrected chi connectivity index (χ3v) is 3.42. The molecule has 0 radical (unpaired) electrons. The Kier molecular flexibility index (Phi) is 4.77. The number of nitro groups is 1. The van der Waals surface area contributed by atoms with Gasteiger partial charge in [0, 0.05) is 17.7 Å². The molecular formula is C15H15ClN2O3. The summed E-state index contributed by atoms with van der Waals surface area (Å²) in [5.41, 5.74) is 6.80. The lowest BCUT2D eigenvalue weighted by Crippen LogP contribution is -2.09. The zero-order valence-electron chi connectivity index (χ0n) is 11.5. The third-order valence-electron chi connectivity index (χ3n) is 3.10. The summed E-state index contributed by atoms with van der Waals surface area (Å²) in [5.74, 6) is 0.788. The molecular weight excluding hydrogens is 292 g/mol. The molecule has 2 aromatic carbocycles. The maximum atomic E-state index is 10.8. The van der Waals surface area contributed by atoms with Gasteiger partial charge in [0.15, 0.2) is 5.75 Å². The predicted octanol–water partition coefficient (Wildman–Crippen LogP) is 4.45. The average molecular weight is 307 g/mol. The van der Waals surface area contributed by atoms with E-state index in [0.29, 0.717) is 10.8 Å². The van der Waals surface area contributed by atoms with Gasteiger partial charge in [-0.2, -0.15) is 0 Å². The van der Waals surface area contributed by atoms with Crippen LogP contribution in [0.2, 0.25) is 5.02 Å². The highest BCUT2D eigenvalue weighted by Gasteiger charge is 2.15. The minimum absolute atomic E-state index is 0.0772. The van der Waals surface area contributed by atoms with Crippen molar-refractivity contribution in [1.82, 2.24) is 0 Å². The van der Waals surface area contributed by atoms with Crippen LogP contribution in [0, 0.1) is 10.1 Å². The van der Waals surface area contributed by atoms with Crippen molar-refractivity contribution in [3.63, 3.8) is 0 Å². The number of hydrogen-bond donors (Lipinski definition) is 1. The van der Waals surface area contributed by atoms with E-state index in [1.54, 1.807) is 6.07 Å². The van der Waals surface area contributed by atoms with E-state index in [1.165, 1.54) is 18.2 Å². The second kappa shape index (κ2) is 6.56. The van der Waals surface area contributed by atoms with Crippen molar-refractivity contribution >= 4 is 17.3 Å². The van der Waals surface area contributed by atoms with Crippen molar-refractivity contribution < 1.29 is 9.66 Å². The molecule has 5 nitrogen and oxygen atoms in total. The molecule has 0 bridgehead atoms.